The monoisotopic (exact) mass is 1020 g/mol. The van der Waals surface area contributed by atoms with Gasteiger partial charge < -0.3 is 39.1 Å². The predicted octanol–water partition coefficient (Wildman–Crippen LogP) is 7.56. The van der Waals surface area contributed by atoms with E-state index in [2.05, 4.69) is 74.9 Å². The molecule has 1 saturated carbocycles. The lowest BCUT2D eigenvalue weighted by molar-refractivity contribution is -0.150. The maximum absolute atomic E-state index is 15.4. The van der Waals surface area contributed by atoms with Crippen LogP contribution < -0.4 is 20.4 Å². The number of nitrogens with one attached hydrogen (secondary N) is 2. The average molecular weight is 1020 g/mol. The standard InChI is InChI=1S/C59H76N10O6/c1-38(2)68-37-60-49-36-48(62-53(52(49)68)61-42-17-31-75-32-18-42)41-9-13-47-50(33-41)69(45-34-44(35-45)64-23-5-4-6-24-64)57(74)59(47)21-29-67(30-22-59)56(73)58(3)19-27-66(28-20-58)55(72)40-15-25-65(26-16-40)43-10-7-39(8-11-43)46-12-14-51(70)63-54(46)71/h7-11,13,33,36-38,40,42,44-46H,4-6,12,14-32,34-35H2,1-3H3,(H,61,62)(H,63,70,71)/t44?,45?,46-/m1/s1. The molecule has 75 heavy (non-hydrogen) atoms. The maximum Gasteiger partial charge on any atom is 0.238 e. The second-order valence-corrected chi connectivity index (χ2v) is 23.9. The number of piperidine rings is 5. The summed E-state index contributed by atoms with van der Waals surface area (Å²) in [6.45, 7) is 13.9. The molecular weight excluding hydrogens is 945 g/mol. The van der Waals surface area contributed by atoms with Crippen LogP contribution in [0.25, 0.3) is 22.3 Å². The molecule has 5 amide bonds. The summed E-state index contributed by atoms with van der Waals surface area (Å²) in [5.41, 5.74) is 6.52. The quantitative estimate of drug-likeness (QED) is 0.151. The molecule has 2 N–H and O–H groups in total. The SMILES string of the molecule is CC(C)n1cnc2cc(-c3ccc4c(c3)N(C3CC(N5CCCCC5)C3)C(=O)C43CCN(C(=O)C4(C)CCN(C(=O)C5CCN(c6ccc([C@H]7CCC(=O)NC7=O)cc6)CC5)CC4)CC3)nc(NC3CCOCC3)c21. The van der Waals surface area contributed by atoms with E-state index < -0.39 is 10.8 Å². The normalized spacial score (nSPS) is 25.7. The van der Waals surface area contributed by atoms with Crippen molar-refractivity contribution in [3.8, 4) is 11.3 Å². The van der Waals surface area contributed by atoms with Crippen LogP contribution in [-0.4, -0.2) is 142 Å². The van der Waals surface area contributed by atoms with E-state index in [1.165, 1.54) is 19.3 Å². The van der Waals surface area contributed by atoms with Gasteiger partial charge in [0.15, 0.2) is 5.82 Å². The number of ether oxygens (including phenoxy) is 1. The molecule has 12 rings (SSSR count). The fraction of sp³-hybridized carbons (Fsp3) is 0.610. The fourth-order valence-electron chi connectivity index (χ4n) is 14.2. The molecule has 1 aliphatic carbocycles. The van der Waals surface area contributed by atoms with Gasteiger partial charge in [0, 0.05) is 111 Å². The van der Waals surface area contributed by atoms with E-state index in [4.69, 9.17) is 14.7 Å². The number of nitrogens with zero attached hydrogens (tertiary/aromatic N) is 8. The predicted molar refractivity (Wildman–Crippen MR) is 288 cm³/mol. The Morgan fingerprint density at radius 2 is 1.49 bits per heavy atom. The minimum absolute atomic E-state index is 0.0495. The van der Waals surface area contributed by atoms with Crippen molar-refractivity contribution < 1.29 is 28.7 Å². The zero-order valence-electron chi connectivity index (χ0n) is 44.4. The number of amides is 5. The molecule has 8 aliphatic rings. The van der Waals surface area contributed by atoms with Gasteiger partial charge in [0.2, 0.25) is 29.5 Å². The van der Waals surface area contributed by atoms with Gasteiger partial charge in [-0.05, 0) is 146 Å². The first-order chi connectivity index (χ1) is 36.4. The Balaban J connectivity index is 0.714. The van der Waals surface area contributed by atoms with E-state index in [0.29, 0.717) is 70.7 Å². The van der Waals surface area contributed by atoms with Crippen molar-refractivity contribution >= 4 is 57.8 Å². The lowest BCUT2D eigenvalue weighted by atomic mass is 9.72. The van der Waals surface area contributed by atoms with Gasteiger partial charge in [-0.1, -0.05) is 37.6 Å². The van der Waals surface area contributed by atoms with Crippen molar-refractivity contribution in [3.05, 3.63) is 66.0 Å². The smallest absolute Gasteiger partial charge is 0.238 e. The molecule has 0 unspecified atom stereocenters. The van der Waals surface area contributed by atoms with Crippen molar-refractivity contribution in [2.75, 3.05) is 80.7 Å². The van der Waals surface area contributed by atoms with Crippen LogP contribution in [0.5, 0.6) is 0 Å². The van der Waals surface area contributed by atoms with E-state index in [-0.39, 0.29) is 59.5 Å². The molecule has 9 heterocycles. The number of carbonyl (C=O) groups excluding carboxylic acids is 5. The van der Waals surface area contributed by atoms with E-state index in [1.807, 2.05) is 40.4 Å². The van der Waals surface area contributed by atoms with Gasteiger partial charge in [0.25, 0.3) is 0 Å². The highest BCUT2D eigenvalue weighted by Gasteiger charge is 2.56. The van der Waals surface area contributed by atoms with Crippen LogP contribution in [0.4, 0.5) is 17.2 Å². The lowest BCUT2D eigenvalue weighted by Crippen LogP contribution is -2.59. The molecule has 1 spiro atoms. The zero-order valence-corrected chi connectivity index (χ0v) is 44.4. The topological polar surface area (TPSA) is 166 Å². The number of hydrogen-bond acceptors (Lipinski definition) is 11. The summed E-state index contributed by atoms with van der Waals surface area (Å²) in [6, 6.07) is 17.9. The maximum atomic E-state index is 15.4. The number of fused-ring (bicyclic) bond motifs is 3. The van der Waals surface area contributed by atoms with Crippen molar-refractivity contribution in [2.45, 2.75) is 153 Å². The number of likely N-dealkylation sites (tertiary alicyclic amines) is 3. The Bertz CT molecular complexity index is 2820. The molecule has 4 aromatic rings. The summed E-state index contributed by atoms with van der Waals surface area (Å²) < 4.78 is 7.89. The third-order valence-corrected chi connectivity index (χ3v) is 19.1. The summed E-state index contributed by atoms with van der Waals surface area (Å²) in [4.78, 5) is 89.5. The largest absolute Gasteiger partial charge is 0.381 e. The molecule has 16 nitrogen and oxygen atoms in total. The number of imidazole rings is 1. The van der Waals surface area contributed by atoms with Crippen molar-refractivity contribution in [2.24, 2.45) is 11.3 Å². The minimum atomic E-state index is -0.699. The van der Waals surface area contributed by atoms with E-state index in [0.717, 1.165) is 129 Å². The van der Waals surface area contributed by atoms with E-state index in [1.54, 1.807) is 0 Å². The van der Waals surface area contributed by atoms with Crippen LogP contribution in [0.15, 0.2) is 54.9 Å². The van der Waals surface area contributed by atoms with E-state index >= 15 is 4.79 Å². The van der Waals surface area contributed by atoms with Gasteiger partial charge in [0.05, 0.1) is 28.9 Å². The van der Waals surface area contributed by atoms with Gasteiger partial charge >= 0.3 is 0 Å². The number of pyridine rings is 1. The fourth-order valence-corrected chi connectivity index (χ4v) is 14.2. The second kappa shape index (κ2) is 20.3. The summed E-state index contributed by atoms with van der Waals surface area (Å²) in [6.07, 6.45) is 14.3. The molecule has 7 aliphatic heterocycles. The number of rotatable bonds is 10. The third-order valence-electron chi connectivity index (χ3n) is 19.1. The minimum Gasteiger partial charge on any atom is -0.381 e. The molecule has 1 atom stereocenters. The van der Waals surface area contributed by atoms with Crippen molar-refractivity contribution in [1.82, 2.24) is 34.6 Å². The number of hydrogen-bond donors (Lipinski definition) is 2. The van der Waals surface area contributed by atoms with Crippen LogP contribution in [0.1, 0.15) is 140 Å². The molecule has 2 aromatic carbocycles. The van der Waals surface area contributed by atoms with Crippen LogP contribution in [-0.2, 0) is 34.1 Å². The summed E-state index contributed by atoms with van der Waals surface area (Å²) in [5.74, 6) is 0.577. The number of imide groups is 1. The van der Waals surface area contributed by atoms with Crippen LogP contribution in [0.3, 0.4) is 0 Å². The molecular formula is C59H76N10O6. The highest BCUT2D eigenvalue weighted by Crippen LogP contribution is 2.53. The second-order valence-electron chi connectivity index (χ2n) is 23.9. The summed E-state index contributed by atoms with van der Waals surface area (Å²) >= 11 is 0. The first-order valence-corrected chi connectivity index (χ1v) is 28.6. The number of aromatic nitrogens is 3. The average Bonchev–Trinajstić information content (AvgIpc) is 3.98. The van der Waals surface area contributed by atoms with Gasteiger partial charge in [-0.2, -0.15) is 0 Å². The van der Waals surface area contributed by atoms with Crippen LogP contribution in [0, 0.1) is 11.3 Å². The molecule has 7 fully saturated rings. The van der Waals surface area contributed by atoms with Gasteiger partial charge in [-0.3, -0.25) is 29.3 Å². The molecule has 2 aromatic heterocycles. The van der Waals surface area contributed by atoms with E-state index in [9.17, 15) is 19.2 Å². The van der Waals surface area contributed by atoms with Gasteiger partial charge in [-0.25, -0.2) is 9.97 Å². The Morgan fingerprint density at radius 1 is 0.787 bits per heavy atom. The van der Waals surface area contributed by atoms with Gasteiger partial charge in [0.1, 0.15) is 5.52 Å². The Labute approximate surface area is 441 Å². The molecule has 0 radical (unpaired) electrons. The number of carbonyl (C=O) groups is 5. The highest BCUT2D eigenvalue weighted by atomic mass is 16.5. The summed E-state index contributed by atoms with van der Waals surface area (Å²) in [5, 5.41) is 6.25. The van der Waals surface area contributed by atoms with Gasteiger partial charge in [-0.15, -0.1) is 0 Å². The Kier molecular flexibility index (Phi) is 13.5. The first-order valence-electron chi connectivity index (χ1n) is 28.6. The van der Waals surface area contributed by atoms with Crippen LogP contribution in [0.2, 0.25) is 0 Å². The first kappa shape index (κ1) is 50.0. The zero-order chi connectivity index (χ0) is 51.6. The lowest BCUT2D eigenvalue weighted by Gasteiger charge is -2.48. The molecule has 398 valence electrons. The summed E-state index contributed by atoms with van der Waals surface area (Å²) in [7, 11) is 0. The Morgan fingerprint density at radius 3 is 2.19 bits per heavy atom. The van der Waals surface area contributed by atoms with Crippen molar-refractivity contribution in [1.29, 1.82) is 0 Å². The van der Waals surface area contributed by atoms with Crippen molar-refractivity contribution in [3.63, 3.8) is 0 Å². The number of benzene rings is 2. The molecule has 0 bridgehead atoms. The van der Waals surface area contributed by atoms with Crippen LogP contribution >= 0.6 is 0 Å². The molecule has 16 heteroatoms. The highest BCUT2D eigenvalue weighted by molar-refractivity contribution is 6.09. The molecule has 6 saturated heterocycles. The Hall–Kier alpha value is -5.87. The third kappa shape index (κ3) is 9.29. The number of anilines is 3.